The quantitative estimate of drug-likeness (QED) is 0.458. The first kappa shape index (κ1) is 19.8. The van der Waals surface area contributed by atoms with Gasteiger partial charge in [-0.3, -0.25) is 9.59 Å². The summed E-state index contributed by atoms with van der Waals surface area (Å²) in [6.45, 7) is 7.97. The van der Waals surface area contributed by atoms with Crippen LogP contribution in [0.25, 0.3) is 0 Å². The van der Waals surface area contributed by atoms with Crippen LogP contribution in [0.5, 0.6) is 0 Å². The molecule has 1 aliphatic carbocycles. The van der Waals surface area contributed by atoms with Gasteiger partial charge in [0.15, 0.2) is 0 Å². The fourth-order valence-corrected chi connectivity index (χ4v) is 3.52. The third-order valence-electron chi connectivity index (χ3n) is 5.17. The number of carboxylic acids is 1. The summed E-state index contributed by atoms with van der Waals surface area (Å²) in [6.07, 6.45) is -0.497. The van der Waals surface area contributed by atoms with Crippen LogP contribution in [0.1, 0.15) is 34.1 Å². The lowest BCUT2D eigenvalue weighted by Crippen LogP contribution is -2.55. The second-order valence-electron chi connectivity index (χ2n) is 7.02. The smallest absolute Gasteiger partial charge is 0.329 e. The van der Waals surface area contributed by atoms with Crippen molar-refractivity contribution in [2.45, 2.75) is 52.2 Å². The van der Waals surface area contributed by atoms with Crippen molar-refractivity contribution in [3.05, 3.63) is 0 Å². The van der Waals surface area contributed by atoms with Gasteiger partial charge in [-0.15, -0.1) is 0 Å². The van der Waals surface area contributed by atoms with Gasteiger partial charge >= 0.3 is 11.9 Å². The minimum atomic E-state index is -1.22. The van der Waals surface area contributed by atoms with E-state index in [0.717, 1.165) is 0 Å². The highest BCUT2D eigenvalue weighted by atomic mass is 32.1. The SMILES string of the molecule is COC(=O)[C@H](CS)N(C(=O)[C@@H](N)CC(=O)O)C1C(C)(C)C1(C)C. The van der Waals surface area contributed by atoms with E-state index in [2.05, 4.69) is 12.6 Å². The van der Waals surface area contributed by atoms with Gasteiger partial charge in [-0.05, 0) is 10.8 Å². The summed E-state index contributed by atoms with van der Waals surface area (Å²) in [5.41, 5.74) is 5.28. The van der Waals surface area contributed by atoms with Crippen molar-refractivity contribution in [1.29, 1.82) is 0 Å². The van der Waals surface area contributed by atoms with Crippen LogP contribution in [0, 0.1) is 10.8 Å². The van der Waals surface area contributed by atoms with Crippen LogP contribution in [0.2, 0.25) is 0 Å². The van der Waals surface area contributed by atoms with E-state index in [1.807, 2.05) is 27.7 Å². The van der Waals surface area contributed by atoms with Gasteiger partial charge in [-0.25, -0.2) is 4.79 Å². The Bertz CT molecular complexity index is 492. The number of nitrogens with zero attached hydrogens (tertiary/aromatic N) is 1. The molecule has 2 atom stereocenters. The summed E-state index contributed by atoms with van der Waals surface area (Å²) in [4.78, 5) is 37.0. The Balaban J connectivity index is 3.20. The molecule has 1 aliphatic rings. The van der Waals surface area contributed by atoms with E-state index in [1.165, 1.54) is 12.0 Å². The second kappa shape index (κ2) is 6.68. The van der Waals surface area contributed by atoms with E-state index >= 15 is 0 Å². The number of rotatable bonds is 7. The Morgan fingerprint density at radius 3 is 2.04 bits per heavy atom. The number of aliphatic carboxylic acids is 1. The highest BCUT2D eigenvalue weighted by Crippen LogP contribution is 2.65. The van der Waals surface area contributed by atoms with E-state index < -0.39 is 36.4 Å². The predicted octanol–water partition coefficient (Wildman–Crippen LogP) is 0.523. The molecule has 0 aromatic carbocycles. The van der Waals surface area contributed by atoms with Crippen LogP contribution in [-0.2, 0) is 19.1 Å². The molecule has 0 radical (unpaired) electrons. The lowest BCUT2D eigenvalue weighted by Gasteiger charge is -2.33. The molecule has 1 amide bonds. The molecular formula is C15H26N2O5S. The molecule has 0 aromatic rings. The molecule has 3 N–H and O–H groups in total. The molecule has 0 spiro atoms. The van der Waals surface area contributed by atoms with Crippen LogP contribution in [0.15, 0.2) is 0 Å². The minimum Gasteiger partial charge on any atom is -0.481 e. The van der Waals surface area contributed by atoms with E-state index in [-0.39, 0.29) is 22.6 Å². The van der Waals surface area contributed by atoms with Gasteiger partial charge in [0.2, 0.25) is 5.91 Å². The zero-order valence-corrected chi connectivity index (χ0v) is 15.1. The molecule has 0 heterocycles. The van der Waals surface area contributed by atoms with Gasteiger partial charge in [-0.2, -0.15) is 12.6 Å². The first-order chi connectivity index (χ1) is 10.4. The maximum absolute atomic E-state index is 12.8. The average molecular weight is 346 g/mol. The van der Waals surface area contributed by atoms with Gasteiger partial charge in [0.1, 0.15) is 6.04 Å². The maximum Gasteiger partial charge on any atom is 0.329 e. The number of carbonyl (C=O) groups is 3. The number of amides is 1. The molecular weight excluding hydrogens is 320 g/mol. The molecule has 1 saturated carbocycles. The molecule has 132 valence electrons. The van der Waals surface area contributed by atoms with Gasteiger partial charge in [0.25, 0.3) is 0 Å². The molecule has 1 rings (SSSR count). The Morgan fingerprint density at radius 2 is 1.74 bits per heavy atom. The van der Waals surface area contributed by atoms with Crippen molar-refractivity contribution < 1.29 is 24.2 Å². The summed E-state index contributed by atoms with van der Waals surface area (Å²) in [5.74, 6) is -2.25. The zero-order valence-electron chi connectivity index (χ0n) is 14.2. The number of hydrogen-bond acceptors (Lipinski definition) is 6. The number of ether oxygens (including phenoxy) is 1. The highest BCUT2D eigenvalue weighted by molar-refractivity contribution is 7.80. The van der Waals surface area contributed by atoms with Crippen molar-refractivity contribution in [3.8, 4) is 0 Å². The third-order valence-corrected chi connectivity index (χ3v) is 5.52. The lowest BCUT2D eigenvalue weighted by molar-refractivity contribution is -0.154. The van der Waals surface area contributed by atoms with Crippen molar-refractivity contribution in [2.24, 2.45) is 16.6 Å². The van der Waals surface area contributed by atoms with Gasteiger partial charge < -0.3 is 20.5 Å². The number of hydrogen-bond donors (Lipinski definition) is 3. The Hall–Kier alpha value is -1.28. The topological polar surface area (TPSA) is 110 Å². The van der Waals surface area contributed by atoms with Crippen LogP contribution in [0.3, 0.4) is 0 Å². The monoisotopic (exact) mass is 346 g/mol. The first-order valence-electron chi connectivity index (χ1n) is 7.41. The van der Waals surface area contributed by atoms with E-state index in [0.29, 0.717) is 0 Å². The van der Waals surface area contributed by atoms with Gasteiger partial charge in [0.05, 0.1) is 19.6 Å². The van der Waals surface area contributed by atoms with E-state index in [4.69, 9.17) is 15.6 Å². The van der Waals surface area contributed by atoms with E-state index in [1.54, 1.807) is 0 Å². The normalized spacial score (nSPS) is 21.2. The number of nitrogens with two attached hydrogens (primary N) is 1. The fraction of sp³-hybridized carbons (Fsp3) is 0.800. The van der Waals surface area contributed by atoms with Crippen LogP contribution in [-0.4, -0.2) is 58.8 Å². The molecule has 0 unspecified atom stereocenters. The van der Waals surface area contributed by atoms with Crippen LogP contribution >= 0.6 is 12.6 Å². The summed E-state index contributed by atoms with van der Waals surface area (Å²) in [5, 5.41) is 8.87. The number of carbonyl (C=O) groups excluding carboxylic acids is 2. The van der Waals surface area contributed by atoms with Gasteiger partial charge in [0, 0.05) is 11.8 Å². The first-order valence-corrected chi connectivity index (χ1v) is 8.05. The average Bonchev–Trinajstić information content (AvgIpc) is 2.84. The maximum atomic E-state index is 12.8. The van der Waals surface area contributed by atoms with Crippen molar-refractivity contribution >= 4 is 30.5 Å². The molecule has 0 aromatic heterocycles. The summed E-state index contributed by atoms with van der Waals surface area (Å²) in [6, 6.07) is -2.37. The number of methoxy groups -OCH3 is 1. The Kier molecular flexibility index (Phi) is 5.74. The zero-order chi connectivity index (χ0) is 18.2. The largest absolute Gasteiger partial charge is 0.481 e. The summed E-state index contributed by atoms with van der Waals surface area (Å²) < 4.78 is 4.77. The highest BCUT2D eigenvalue weighted by Gasteiger charge is 2.69. The predicted molar refractivity (Wildman–Crippen MR) is 88.1 cm³/mol. The molecule has 8 heteroatoms. The van der Waals surface area contributed by atoms with Gasteiger partial charge in [-0.1, -0.05) is 27.7 Å². The molecule has 0 aliphatic heterocycles. The summed E-state index contributed by atoms with van der Waals surface area (Å²) >= 11 is 4.17. The molecule has 0 bridgehead atoms. The number of carboxylic acid groups (broad SMARTS) is 1. The van der Waals surface area contributed by atoms with Crippen LogP contribution < -0.4 is 5.73 Å². The Labute approximate surface area is 141 Å². The second-order valence-corrected chi connectivity index (χ2v) is 7.38. The fourth-order valence-electron chi connectivity index (χ4n) is 3.20. The van der Waals surface area contributed by atoms with E-state index in [9.17, 15) is 14.4 Å². The molecule has 1 fully saturated rings. The summed E-state index contributed by atoms with van der Waals surface area (Å²) in [7, 11) is 1.24. The number of thiol groups is 1. The Morgan fingerprint density at radius 1 is 1.26 bits per heavy atom. The molecule has 23 heavy (non-hydrogen) atoms. The van der Waals surface area contributed by atoms with Crippen molar-refractivity contribution in [1.82, 2.24) is 4.90 Å². The van der Waals surface area contributed by atoms with Crippen molar-refractivity contribution in [2.75, 3.05) is 12.9 Å². The number of esters is 1. The molecule has 0 saturated heterocycles. The standard InChI is InChI=1S/C15H26N2O5S/c1-14(2)13(15(14,3)4)17(9(7-23)12(21)22-5)11(20)8(16)6-10(18)19/h8-9,13,23H,6-7,16H2,1-5H3,(H,18,19)/t8-,9-/m0/s1. The lowest BCUT2D eigenvalue weighted by atomic mass is 10.0. The molecule has 7 nitrogen and oxygen atoms in total. The minimum absolute atomic E-state index is 0.0703. The third kappa shape index (κ3) is 3.47. The van der Waals surface area contributed by atoms with Crippen LogP contribution in [0.4, 0.5) is 0 Å². The van der Waals surface area contributed by atoms with Crippen molar-refractivity contribution in [3.63, 3.8) is 0 Å².